The summed E-state index contributed by atoms with van der Waals surface area (Å²) in [6.45, 7) is 5.56. The second kappa shape index (κ2) is 7.45. The van der Waals surface area contributed by atoms with Gasteiger partial charge in [0.25, 0.3) is 5.91 Å². The van der Waals surface area contributed by atoms with Crippen LogP contribution in [0.3, 0.4) is 0 Å². The third-order valence-electron chi connectivity index (χ3n) is 4.20. The van der Waals surface area contributed by atoms with Crippen molar-refractivity contribution in [2.24, 2.45) is 0 Å². The van der Waals surface area contributed by atoms with Crippen molar-refractivity contribution in [3.05, 3.63) is 53.3 Å². The maximum atomic E-state index is 12.5. The van der Waals surface area contributed by atoms with E-state index in [-0.39, 0.29) is 12.0 Å². The van der Waals surface area contributed by atoms with Crippen LogP contribution in [0.15, 0.2) is 36.7 Å². The van der Waals surface area contributed by atoms with Gasteiger partial charge >= 0.3 is 0 Å². The third kappa shape index (κ3) is 4.11. The maximum absolute atomic E-state index is 12.5. The molecule has 0 bridgehead atoms. The highest BCUT2D eigenvalue weighted by molar-refractivity contribution is 6.05. The van der Waals surface area contributed by atoms with Gasteiger partial charge in [-0.3, -0.25) is 9.78 Å². The first-order valence-electron chi connectivity index (χ1n) is 8.31. The van der Waals surface area contributed by atoms with Crippen molar-refractivity contribution in [3.8, 4) is 0 Å². The third-order valence-corrected chi connectivity index (χ3v) is 4.20. The number of amides is 1. The number of benzene rings is 1. The van der Waals surface area contributed by atoms with Crippen molar-refractivity contribution in [2.45, 2.75) is 32.8 Å². The van der Waals surface area contributed by atoms with Gasteiger partial charge in [0.2, 0.25) is 0 Å². The predicted octanol–water partition coefficient (Wildman–Crippen LogP) is 3.54. The number of nitrogens with one attached hydrogen (secondary N) is 2. The average molecular weight is 325 g/mol. The van der Waals surface area contributed by atoms with E-state index in [4.69, 9.17) is 4.74 Å². The molecule has 0 aliphatic carbocycles. The standard InChI is InChI=1S/C19H23N3O2/c1-13-5-6-14(2)18(8-13)22-19(23)15-9-16(11-20-10-15)21-12-17-4-3-7-24-17/h5-6,8-11,17,21H,3-4,7,12H2,1-2H3,(H,22,23). The van der Waals surface area contributed by atoms with Crippen LogP contribution in [0.1, 0.15) is 34.3 Å². The van der Waals surface area contributed by atoms with Crippen LogP contribution < -0.4 is 10.6 Å². The Labute approximate surface area is 142 Å². The molecule has 0 saturated carbocycles. The van der Waals surface area contributed by atoms with Crippen molar-refractivity contribution in [2.75, 3.05) is 23.8 Å². The number of hydrogen-bond acceptors (Lipinski definition) is 4. The quantitative estimate of drug-likeness (QED) is 0.882. The van der Waals surface area contributed by atoms with Gasteiger partial charge < -0.3 is 15.4 Å². The fourth-order valence-corrected chi connectivity index (χ4v) is 2.76. The summed E-state index contributed by atoms with van der Waals surface area (Å²) in [5.74, 6) is -0.156. The van der Waals surface area contributed by atoms with Gasteiger partial charge in [-0.1, -0.05) is 12.1 Å². The van der Waals surface area contributed by atoms with E-state index < -0.39 is 0 Å². The van der Waals surface area contributed by atoms with E-state index in [1.807, 2.05) is 38.1 Å². The van der Waals surface area contributed by atoms with Gasteiger partial charge in [-0.25, -0.2) is 0 Å². The smallest absolute Gasteiger partial charge is 0.257 e. The topological polar surface area (TPSA) is 63.2 Å². The van der Waals surface area contributed by atoms with Gasteiger partial charge in [0.1, 0.15) is 0 Å². The first kappa shape index (κ1) is 16.5. The Morgan fingerprint density at radius 1 is 1.29 bits per heavy atom. The predicted molar refractivity (Wildman–Crippen MR) is 95.6 cm³/mol. The molecule has 5 heteroatoms. The van der Waals surface area contributed by atoms with Crippen LogP contribution >= 0.6 is 0 Å². The molecule has 2 aromatic rings. The van der Waals surface area contributed by atoms with E-state index in [0.29, 0.717) is 5.56 Å². The summed E-state index contributed by atoms with van der Waals surface area (Å²) in [6.07, 6.45) is 5.75. The molecule has 126 valence electrons. The second-order valence-corrected chi connectivity index (χ2v) is 6.25. The minimum atomic E-state index is -0.156. The molecule has 0 radical (unpaired) electrons. The number of aromatic nitrogens is 1. The van der Waals surface area contributed by atoms with Crippen LogP contribution in [0.25, 0.3) is 0 Å². The highest BCUT2D eigenvalue weighted by Gasteiger charge is 2.15. The Balaban J connectivity index is 1.66. The highest BCUT2D eigenvalue weighted by Crippen LogP contribution is 2.18. The molecule has 24 heavy (non-hydrogen) atoms. The molecule has 1 fully saturated rings. The van der Waals surface area contributed by atoms with Crippen LogP contribution in [0.4, 0.5) is 11.4 Å². The first-order chi connectivity index (χ1) is 11.6. The molecule has 1 atom stereocenters. The van der Waals surface area contributed by atoms with E-state index in [2.05, 4.69) is 15.6 Å². The van der Waals surface area contributed by atoms with Crippen LogP contribution in [0.5, 0.6) is 0 Å². The molecule has 0 spiro atoms. The molecular weight excluding hydrogens is 302 g/mol. The van der Waals surface area contributed by atoms with Gasteiger partial charge in [0.15, 0.2) is 0 Å². The molecule has 2 N–H and O–H groups in total. The summed E-state index contributed by atoms with van der Waals surface area (Å²) in [5.41, 5.74) is 4.35. The van der Waals surface area contributed by atoms with Gasteiger partial charge in [-0.05, 0) is 49.9 Å². The van der Waals surface area contributed by atoms with Crippen molar-refractivity contribution in [1.29, 1.82) is 0 Å². The number of rotatable bonds is 5. The SMILES string of the molecule is Cc1ccc(C)c(NC(=O)c2cncc(NCC3CCCO3)c2)c1. The van der Waals surface area contributed by atoms with Gasteiger partial charge in [-0.2, -0.15) is 0 Å². The second-order valence-electron chi connectivity index (χ2n) is 6.25. The summed E-state index contributed by atoms with van der Waals surface area (Å²) < 4.78 is 5.59. The summed E-state index contributed by atoms with van der Waals surface area (Å²) >= 11 is 0. The van der Waals surface area contributed by atoms with Crippen molar-refractivity contribution >= 4 is 17.3 Å². The van der Waals surface area contributed by atoms with Crippen molar-refractivity contribution in [3.63, 3.8) is 0 Å². The van der Waals surface area contributed by atoms with E-state index in [1.54, 1.807) is 12.4 Å². The fraction of sp³-hybridized carbons (Fsp3) is 0.368. The summed E-state index contributed by atoms with van der Waals surface area (Å²) in [7, 11) is 0. The number of anilines is 2. The normalized spacial score (nSPS) is 16.8. The molecule has 1 aromatic carbocycles. The number of carbonyl (C=O) groups is 1. The lowest BCUT2D eigenvalue weighted by atomic mass is 10.1. The molecule has 5 nitrogen and oxygen atoms in total. The van der Waals surface area contributed by atoms with E-state index in [1.165, 1.54) is 0 Å². The zero-order chi connectivity index (χ0) is 16.9. The Morgan fingerprint density at radius 3 is 2.96 bits per heavy atom. The summed E-state index contributed by atoms with van der Waals surface area (Å²) in [5, 5.41) is 6.26. The van der Waals surface area contributed by atoms with E-state index >= 15 is 0 Å². The largest absolute Gasteiger partial charge is 0.381 e. The molecular formula is C19H23N3O2. The summed E-state index contributed by atoms with van der Waals surface area (Å²) in [4.78, 5) is 16.7. The summed E-state index contributed by atoms with van der Waals surface area (Å²) in [6, 6.07) is 7.83. The Kier molecular flexibility index (Phi) is 5.11. The van der Waals surface area contributed by atoms with Gasteiger partial charge in [-0.15, -0.1) is 0 Å². The van der Waals surface area contributed by atoms with Crippen molar-refractivity contribution < 1.29 is 9.53 Å². The van der Waals surface area contributed by atoms with Crippen LogP contribution in [0, 0.1) is 13.8 Å². The van der Waals surface area contributed by atoms with Crippen LogP contribution in [0.2, 0.25) is 0 Å². The lowest BCUT2D eigenvalue weighted by Gasteiger charge is -2.13. The Hall–Kier alpha value is -2.40. The van der Waals surface area contributed by atoms with Gasteiger partial charge in [0, 0.05) is 31.2 Å². The Bertz CT molecular complexity index is 724. The lowest BCUT2D eigenvalue weighted by molar-refractivity contribution is 0.102. The lowest BCUT2D eigenvalue weighted by Crippen LogP contribution is -2.19. The van der Waals surface area contributed by atoms with E-state index in [9.17, 15) is 4.79 Å². The average Bonchev–Trinajstić information content (AvgIpc) is 3.10. The molecule has 1 saturated heterocycles. The molecule has 1 aromatic heterocycles. The number of pyridine rings is 1. The minimum Gasteiger partial charge on any atom is -0.381 e. The fourth-order valence-electron chi connectivity index (χ4n) is 2.76. The first-order valence-corrected chi connectivity index (χ1v) is 8.31. The van der Waals surface area contributed by atoms with Crippen LogP contribution in [-0.2, 0) is 4.74 Å². The number of aryl methyl sites for hydroxylation is 2. The zero-order valence-electron chi connectivity index (χ0n) is 14.1. The molecule has 2 heterocycles. The highest BCUT2D eigenvalue weighted by atomic mass is 16.5. The molecule has 1 unspecified atom stereocenters. The maximum Gasteiger partial charge on any atom is 0.257 e. The number of ether oxygens (including phenoxy) is 1. The number of nitrogens with zero attached hydrogens (tertiary/aromatic N) is 1. The Morgan fingerprint density at radius 2 is 2.17 bits per heavy atom. The van der Waals surface area contributed by atoms with Gasteiger partial charge in [0.05, 0.1) is 17.4 Å². The zero-order valence-corrected chi connectivity index (χ0v) is 14.1. The van der Waals surface area contributed by atoms with Crippen LogP contribution in [-0.4, -0.2) is 30.1 Å². The molecule has 1 aliphatic rings. The number of hydrogen-bond donors (Lipinski definition) is 2. The molecule has 1 amide bonds. The monoisotopic (exact) mass is 325 g/mol. The number of carbonyl (C=O) groups excluding carboxylic acids is 1. The van der Waals surface area contributed by atoms with E-state index in [0.717, 1.165) is 48.5 Å². The van der Waals surface area contributed by atoms with Crippen molar-refractivity contribution in [1.82, 2.24) is 4.98 Å². The minimum absolute atomic E-state index is 0.156. The molecule has 1 aliphatic heterocycles. The molecule has 3 rings (SSSR count).